The summed E-state index contributed by atoms with van der Waals surface area (Å²) in [5.41, 5.74) is -1.68. The predicted octanol–water partition coefficient (Wildman–Crippen LogP) is 3.62. The van der Waals surface area contributed by atoms with Crippen LogP contribution < -0.4 is 5.32 Å². The number of rotatable bonds is 5. The molecule has 8 nitrogen and oxygen atoms in total. The molecule has 2 amide bonds. The minimum atomic E-state index is -1.18. The summed E-state index contributed by atoms with van der Waals surface area (Å²) in [5, 5.41) is 3.29. The third kappa shape index (κ3) is 8.46. The molecular weight excluding hydrogens is 364 g/mol. The van der Waals surface area contributed by atoms with Crippen molar-refractivity contribution in [3.63, 3.8) is 0 Å². The van der Waals surface area contributed by atoms with Gasteiger partial charge in [0.25, 0.3) is 0 Å². The van der Waals surface area contributed by atoms with E-state index in [9.17, 15) is 14.4 Å². The molecule has 0 radical (unpaired) electrons. The minimum absolute atomic E-state index is 0.0792. The van der Waals surface area contributed by atoms with E-state index in [4.69, 9.17) is 14.2 Å². The Kier molecular flexibility index (Phi) is 8.73. The number of imide groups is 1. The van der Waals surface area contributed by atoms with Gasteiger partial charge in [0.15, 0.2) is 6.04 Å². The Morgan fingerprint density at radius 3 is 1.79 bits per heavy atom. The quantitative estimate of drug-likeness (QED) is 0.556. The summed E-state index contributed by atoms with van der Waals surface area (Å²) in [6.07, 6.45) is 3.52. The number of hydrogen-bond acceptors (Lipinski definition) is 7. The van der Waals surface area contributed by atoms with Crippen molar-refractivity contribution >= 4 is 18.2 Å². The predicted molar refractivity (Wildman–Crippen MR) is 105 cm³/mol. The normalized spacial score (nSPS) is 16.8. The van der Waals surface area contributed by atoms with Crippen molar-refractivity contribution in [2.75, 3.05) is 13.7 Å². The molecule has 1 aliphatic carbocycles. The maximum absolute atomic E-state index is 12.8. The lowest BCUT2D eigenvalue weighted by Gasteiger charge is -2.33. The zero-order chi connectivity index (χ0) is 21.5. The van der Waals surface area contributed by atoms with E-state index in [-0.39, 0.29) is 12.6 Å². The first-order valence-corrected chi connectivity index (χ1v) is 9.90. The highest BCUT2D eigenvalue weighted by atomic mass is 16.6. The Labute approximate surface area is 168 Å². The molecule has 1 atom stereocenters. The second-order valence-corrected chi connectivity index (χ2v) is 9.11. The van der Waals surface area contributed by atoms with Crippen LogP contribution >= 0.6 is 0 Å². The molecule has 1 saturated carbocycles. The lowest BCUT2D eigenvalue weighted by atomic mass is 9.95. The summed E-state index contributed by atoms with van der Waals surface area (Å²) < 4.78 is 15.6. The van der Waals surface area contributed by atoms with Crippen LogP contribution in [-0.4, -0.2) is 60.0 Å². The molecule has 0 saturated heterocycles. The largest absolute Gasteiger partial charge is 0.467 e. The monoisotopic (exact) mass is 400 g/mol. The van der Waals surface area contributed by atoms with E-state index in [0.29, 0.717) is 0 Å². The highest BCUT2D eigenvalue weighted by Gasteiger charge is 2.41. The minimum Gasteiger partial charge on any atom is -0.467 e. The first-order chi connectivity index (χ1) is 12.8. The molecule has 0 spiro atoms. The zero-order valence-electron chi connectivity index (χ0n) is 18.3. The Bertz CT molecular complexity index is 516. The molecule has 28 heavy (non-hydrogen) atoms. The second-order valence-electron chi connectivity index (χ2n) is 9.11. The van der Waals surface area contributed by atoms with Gasteiger partial charge in [-0.3, -0.25) is 0 Å². The third-order valence-corrected chi connectivity index (χ3v) is 4.17. The number of carbonyl (C=O) groups is 3. The number of carbonyl (C=O) groups excluding carboxylic acids is 3. The van der Waals surface area contributed by atoms with Crippen LogP contribution in [0.25, 0.3) is 0 Å². The molecule has 0 aromatic heterocycles. The lowest BCUT2D eigenvalue weighted by Crippen LogP contribution is -2.56. The fourth-order valence-electron chi connectivity index (χ4n) is 2.95. The topological polar surface area (TPSA) is 94.2 Å². The Morgan fingerprint density at radius 1 is 0.929 bits per heavy atom. The lowest BCUT2D eigenvalue weighted by molar-refractivity contribution is -0.146. The van der Waals surface area contributed by atoms with E-state index >= 15 is 0 Å². The summed E-state index contributed by atoms with van der Waals surface area (Å²) in [6, 6.07) is -0.948. The van der Waals surface area contributed by atoms with Gasteiger partial charge in [-0.1, -0.05) is 19.3 Å². The van der Waals surface area contributed by atoms with Gasteiger partial charge in [-0.05, 0) is 54.4 Å². The molecule has 1 rings (SSSR count). The molecule has 162 valence electrons. The smallest absolute Gasteiger partial charge is 0.420 e. The van der Waals surface area contributed by atoms with Gasteiger partial charge < -0.3 is 19.5 Å². The molecule has 1 fully saturated rings. The zero-order valence-corrected chi connectivity index (χ0v) is 18.3. The van der Waals surface area contributed by atoms with Crippen LogP contribution in [0.1, 0.15) is 73.6 Å². The molecule has 1 aliphatic rings. The summed E-state index contributed by atoms with van der Waals surface area (Å²) in [6.45, 7) is 10.2. The molecule has 0 bridgehead atoms. The van der Waals surface area contributed by atoms with Crippen LogP contribution in [0.3, 0.4) is 0 Å². The SMILES string of the molecule is COC(=O)[C@H](CNC1CCCCC1)N(C(=O)OC(C)(C)C)C(=O)OC(C)(C)C. The van der Waals surface area contributed by atoms with Crippen molar-refractivity contribution in [2.45, 2.75) is 96.9 Å². The van der Waals surface area contributed by atoms with E-state index in [2.05, 4.69) is 5.32 Å². The number of nitrogens with zero attached hydrogens (tertiary/aromatic N) is 1. The van der Waals surface area contributed by atoms with Crippen LogP contribution in [0.2, 0.25) is 0 Å². The van der Waals surface area contributed by atoms with Crippen molar-refractivity contribution in [1.82, 2.24) is 10.2 Å². The van der Waals surface area contributed by atoms with E-state index in [1.165, 1.54) is 13.5 Å². The Hall–Kier alpha value is -1.83. The van der Waals surface area contributed by atoms with Crippen molar-refractivity contribution in [3.8, 4) is 0 Å². The maximum atomic E-state index is 12.8. The number of hydrogen-bond donors (Lipinski definition) is 1. The third-order valence-electron chi connectivity index (χ3n) is 4.17. The van der Waals surface area contributed by atoms with Gasteiger partial charge in [-0.15, -0.1) is 0 Å². The van der Waals surface area contributed by atoms with E-state index in [1.807, 2.05) is 0 Å². The van der Waals surface area contributed by atoms with Crippen LogP contribution in [0.15, 0.2) is 0 Å². The fraction of sp³-hybridized carbons (Fsp3) is 0.850. The number of esters is 1. The number of amides is 2. The van der Waals surface area contributed by atoms with Crippen molar-refractivity contribution in [1.29, 1.82) is 0 Å². The molecule has 0 aromatic rings. The highest BCUT2D eigenvalue weighted by molar-refractivity contribution is 5.94. The number of methoxy groups -OCH3 is 1. The summed E-state index contributed by atoms with van der Waals surface area (Å²) in [7, 11) is 1.22. The average Bonchev–Trinajstić information content (AvgIpc) is 2.55. The van der Waals surface area contributed by atoms with Gasteiger partial charge in [-0.25, -0.2) is 14.4 Å². The molecule has 1 N–H and O–H groups in total. The van der Waals surface area contributed by atoms with Crippen molar-refractivity contribution in [2.24, 2.45) is 0 Å². The standard InChI is InChI=1S/C20H36N2O6/c1-19(2,3)27-17(24)22(18(25)28-20(4,5)6)15(16(23)26-7)13-21-14-11-9-8-10-12-14/h14-15,21H,8-13H2,1-7H3/t15-/m0/s1. The highest BCUT2D eigenvalue weighted by Crippen LogP contribution is 2.20. The molecule has 0 aromatic carbocycles. The second kappa shape index (κ2) is 10.1. The van der Waals surface area contributed by atoms with Crippen LogP contribution in [0, 0.1) is 0 Å². The van der Waals surface area contributed by atoms with E-state index in [1.54, 1.807) is 41.5 Å². The summed E-state index contributed by atoms with van der Waals surface area (Å²) in [5.74, 6) is -0.708. The van der Waals surface area contributed by atoms with Gasteiger partial charge in [0.1, 0.15) is 11.2 Å². The first kappa shape index (κ1) is 24.2. The van der Waals surface area contributed by atoms with Gasteiger partial charge in [0.2, 0.25) is 0 Å². The van der Waals surface area contributed by atoms with Crippen LogP contribution in [0.4, 0.5) is 9.59 Å². The van der Waals surface area contributed by atoms with Gasteiger partial charge >= 0.3 is 18.2 Å². The molecule has 0 heterocycles. The van der Waals surface area contributed by atoms with Gasteiger partial charge in [0.05, 0.1) is 7.11 Å². The van der Waals surface area contributed by atoms with Crippen molar-refractivity contribution in [3.05, 3.63) is 0 Å². The van der Waals surface area contributed by atoms with Crippen LogP contribution in [0.5, 0.6) is 0 Å². The molecule has 8 heteroatoms. The van der Waals surface area contributed by atoms with Crippen molar-refractivity contribution < 1.29 is 28.6 Å². The van der Waals surface area contributed by atoms with Gasteiger partial charge in [0, 0.05) is 12.6 Å². The summed E-state index contributed by atoms with van der Waals surface area (Å²) in [4.78, 5) is 38.7. The number of ether oxygens (including phenoxy) is 3. The molecular formula is C20H36N2O6. The Balaban J connectivity index is 3.07. The Morgan fingerprint density at radius 2 is 1.39 bits per heavy atom. The van der Waals surface area contributed by atoms with Crippen LogP contribution in [-0.2, 0) is 19.0 Å². The number of nitrogens with one attached hydrogen (secondary N) is 1. The molecule has 0 unspecified atom stereocenters. The van der Waals surface area contributed by atoms with E-state index in [0.717, 1.165) is 30.6 Å². The summed E-state index contributed by atoms with van der Waals surface area (Å²) >= 11 is 0. The maximum Gasteiger partial charge on any atom is 0.420 e. The molecule has 0 aliphatic heterocycles. The fourth-order valence-corrected chi connectivity index (χ4v) is 2.95. The van der Waals surface area contributed by atoms with Gasteiger partial charge in [-0.2, -0.15) is 4.90 Å². The average molecular weight is 401 g/mol. The van der Waals surface area contributed by atoms with E-state index < -0.39 is 35.4 Å². The first-order valence-electron chi connectivity index (χ1n) is 9.90.